The second-order valence-corrected chi connectivity index (χ2v) is 7.82. The van der Waals surface area contributed by atoms with Gasteiger partial charge in [0, 0.05) is 18.2 Å². The Balaban J connectivity index is 1.63. The second-order valence-electron chi connectivity index (χ2n) is 7.82. The number of benzene rings is 1. The Bertz CT molecular complexity index is 626. The third kappa shape index (κ3) is 2.38. The predicted molar refractivity (Wildman–Crippen MR) is 91.0 cm³/mol. The number of nitrogens with zero attached hydrogens (tertiary/aromatic N) is 1. The van der Waals surface area contributed by atoms with Crippen LogP contribution in [-0.2, 0) is 4.79 Å². The van der Waals surface area contributed by atoms with Crippen LogP contribution in [0.2, 0.25) is 0 Å². The Morgan fingerprint density at radius 2 is 1.88 bits per heavy atom. The number of aryl methyl sites for hydroxylation is 1. The first kappa shape index (κ1) is 16.1. The van der Waals surface area contributed by atoms with Gasteiger partial charge < -0.3 is 10.0 Å². The molecular formula is C19H28N3O2+. The molecule has 3 aliphatic rings. The van der Waals surface area contributed by atoms with Crippen molar-refractivity contribution in [3.8, 4) is 0 Å². The number of nitrogens with one attached hydrogen (secondary N) is 2. The van der Waals surface area contributed by atoms with E-state index in [-0.39, 0.29) is 17.9 Å². The number of likely N-dealkylation sites (tertiary alicyclic amines) is 1. The fourth-order valence-electron chi connectivity index (χ4n) is 4.94. The van der Waals surface area contributed by atoms with Gasteiger partial charge in [0.2, 0.25) is 0 Å². The van der Waals surface area contributed by atoms with Crippen LogP contribution < -0.4 is 10.4 Å². The Labute approximate surface area is 143 Å². The number of amides is 1. The number of quaternary nitrogens is 1. The molecule has 2 heterocycles. The third-order valence-electron chi connectivity index (χ3n) is 6.23. The van der Waals surface area contributed by atoms with E-state index < -0.39 is 5.72 Å². The molecule has 24 heavy (non-hydrogen) atoms. The zero-order valence-corrected chi connectivity index (χ0v) is 14.6. The van der Waals surface area contributed by atoms with Crippen LogP contribution in [0.3, 0.4) is 0 Å². The van der Waals surface area contributed by atoms with Gasteiger partial charge in [-0.1, -0.05) is 49.1 Å². The molecule has 130 valence electrons. The average Bonchev–Trinajstić information content (AvgIpc) is 2.98. The van der Waals surface area contributed by atoms with Crippen LogP contribution in [0.15, 0.2) is 24.3 Å². The monoisotopic (exact) mass is 330 g/mol. The van der Waals surface area contributed by atoms with E-state index in [1.165, 1.54) is 30.4 Å². The predicted octanol–water partition coefficient (Wildman–Crippen LogP) is 0.549. The standard InChI is InChI=1S/C19H27N3O2/c1-13-8-10-14(11-9-13)17-16-12-22(15-6-4-3-5-7-15)18(23)19(16,24)20-21(17)2/h8-11,15-17,20,24H,3-7,12H2,1-2H3/p+1/t16-,17-,19-/m0/s1. The quantitative estimate of drug-likeness (QED) is 0.742. The van der Waals surface area contributed by atoms with E-state index in [0.717, 1.165) is 17.9 Å². The zero-order valence-electron chi connectivity index (χ0n) is 14.6. The van der Waals surface area contributed by atoms with Gasteiger partial charge in [0.25, 0.3) is 11.6 Å². The highest BCUT2D eigenvalue weighted by Crippen LogP contribution is 2.40. The Hall–Kier alpha value is -1.43. The molecular weight excluding hydrogens is 302 g/mol. The maximum Gasteiger partial charge on any atom is 0.275 e. The summed E-state index contributed by atoms with van der Waals surface area (Å²) in [6.07, 6.45) is 5.80. The second kappa shape index (κ2) is 5.83. The Kier molecular flexibility index (Phi) is 3.90. The van der Waals surface area contributed by atoms with Gasteiger partial charge in [0.15, 0.2) is 0 Å². The first-order valence-electron chi connectivity index (χ1n) is 9.22. The smallest absolute Gasteiger partial charge is 0.275 e. The van der Waals surface area contributed by atoms with E-state index in [4.69, 9.17) is 0 Å². The molecule has 3 fully saturated rings. The van der Waals surface area contributed by atoms with Gasteiger partial charge in [0.05, 0.1) is 13.0 Å². The van der Waals surface area contributed by atoms with Crippen LogP contribution in [0, 0.1) is 12.8 Å². The number of hydrogen-bond donors (Lipinski definition) is 3. The van der Waals surface area contributed by atoms with Crippen molar-refractivity contribution in [2.24, 2.45) is 5.92 Å². The Morgan fingerprint density at radius 3 is 2.54 bits per heavy atom. The molecule has 1 aromatic carbocycles. The molecule has 3 N–H and O–H groups in total. The molecule has 4 rings (SSSR count). The molecule has 0 radical (unpaired) electrons. The molecule has 1 aliphatic carbocycles. The maximum atomic E-state index is 13.0. The SMILES string of the molecule is Cc1ccc([C@H]2[C@@H]3CN(C4CCCCC4)C(=O)[C@]3(O)N[NH+]2C)cc1. The molecule has 2 saturated heterocycles. The Morgan fingerprint density at radius 1 is 1.21 bits per heavy atom. The number of carbonyl (C=O) groups excluding carboxylic acids is 1. The summed E-state index contributed by atoms with van der Waals surface area (Å²) in [6.45, 7) is 2.73. The van der Waals surface area contributed by atoms with Gasteiger partial charge >= 0.3 is 0 Å². The lowest BCUT2D eigenvalue weighted by Crippen LogP contribution is -3.15. The van der Waals surface area contributed by atoms with Crippen LogP contribution in [0.4, 0.5) is 0 Å². The van der Waals surface area contributed by atoms with E-state index in [9.17, 15) is 9.90 Å². The number of rotatable bonds is 2. The lowest BCUT2D eigenvalue weighted by atomic mass is 9.88. The van der Waals surface area contributed by atoms with Crippen molar-refractivity contribution in [2.45, 2.75) is 56.8 Å². The summed E-state index contributed by atoms with van der Waals surface area (Å²) >= 11 is 0. The molecule has 0 spiro atoms. The van der Waals surface area contributed by atoms with E-state index >= 15 is 0 Å². The molecule has 2 aliphatic heterocycles. The first-order chi connectivity index (χ1) is 11.5. The van der Waals surface area contributed by atoms with E-state index in [2.05, 4.69) is 36.6 Å². The highest BCUT2D eigenvalue weighted by molar-refractivity contribution is 5.88. The summed E-state index contributed by atoms with van der Waals surface area (Å²) in [5.74, 6) is -0.219. The van der Waals surface area contributed by atoms with E-state index in [0.29, 0.717) is 12.6 Å². The van der Waals surface area contributed by atoms with Gasteiger partial charge in [-0.2, -0.15) is 0 Å². The van der Waals surface area contributed by atoms with Gasteiger partial charge in [-0.05, 0) is 19.8 Å². The van der Waals surface area contributed by atoms with Gasteiger partial charge in [-0.3, -0.25) is 4.79 Å². The summed E-state index contributed by atoms with van der Waals surface area (Å²) in [7, 11) is 2.00. The summed E-state index contributed by atoms with van der Waals surface area (Å²) in [6, 6.07) is 8.87. The maximum absolute atomic E-state index is 13.0. The lowest BCUT2D eigenvalue weighted by Gasteiger charge is -2.33. The van der Waals surface area contributed by atoms with Crippen molar-refractivity contribution in [1.82, 2.24) is 10.3 Å². The van der Waals surface area contributed by atoms with Gasteiger partial charge in [-0.25, -0.2) is 5.01 Å². The van der Waals surface area contributed by atoms with Crippen molar-refractivity contribution < 1.29 is 14.9 Å². The summed E-state index contributed by atoms with van der Waals surface area (Å²) < 4.78 is 0. The lowest BCUT2D eigenvalue weighted by molar-refractivity contribution is -0.948. The number of hydrogen-bond acceptors (Lipinski definition) is 3. The van der Waals surface area contributed by atoms with Crippen molar-refractivity contribution in [3.63, 3.8) is 0 Å². The minimum atomic E-state index is -1.42. The molecule has 4 atom stereocenters. The number of carbonyl (C=O) groups is 1. The zero-order chi connectivity index (χ0) is 16.9. The van der Waals surface area contributed by atoms with Crippen LogP contribution >= 0.6 is 0 Å². The van der Waals surface area contributed by atoms with Crippen LogP contribution in [-0.4, -0.2) is 41.3 Å². The first-order valence-corrected chi connectivity index (χ1v) is 9.22. The summed E-state index contributed by atoms with van der Waals surface area (Å²) in [5.41, 5.74) is 4.15. The third-order valence-corrected chi connectivity index (χ3v) is 6.23. The minimum Gasteiger partial charge on any atom is -0.363 e. The van der Waals surface area contributed by atoms with Crippen molar-refractivity contribution >= 4 is 5.91 Å². The molecule has 1 unspecified atom stereocenters. The highest BCUT2D eigenvalue weighted by atomic mass is 16.3. The summed E-state index contributed by atoms with van der Waals surface area (Å²) in [4.78, 5) is 14.9. The topological polar surface area (TPSA) is 57.0 Å². The molecule has 0 aromatic heterocycles. The normalized spacial score (nSPS) is 37.0. The number of aliphatic hydroxyl groups is 1. The van der Waals surface area contributed by atoms with Crippen LogP contribution in [0.25, 0.3) is 0 Å². The molecule has 5 heteroatoms. The summed E-state index contributed by atoms with van der Waals surface area (Å²) in [5, 5.41) is 12.1. The van der Waals surface area contributed by atoms with Crippen molar-refractivity contribution in [1.29, 1.82) is 0 Å². The minimum absolute atomic E-state index is 0.0909. The molecule has 5 nitrogen and oxygen atoms in total. The largest absolute Gasteiger partial charge is 0.363 e. The van der Waals surface area contributed by atoms with E-state index in [1.54, 1.807) is 0 Å². The van der Waals surface area contributed by atoms with Crippen LogP contribution in [0.1, 0.15) is 49.3 Å². The van der Waals surface area contributed by atoms with Gasteiger partial charge in [0.1, 0.15) is 6.04 Å². The molecule has 1 amide bonds. The fourth-order valence-corrected chi connectivity index (χ4v) is 4.94. The van der Waals surface area contributed by atoms with E-state index in [1.807, 2.05) is 11.9 Å². The molecule has 1 aromatic rings. The van der Waals surface area contributed by atoms with Gasteiger partial charge in [-0.15, -0.1) is 5.43 Å². The molecule has 0 bridgehead atoms. The average molecular weight is 330 g/mol. The van der Waals surface area contributed by atoms with Crippen molar-refractivity contribution in [3.05, 3.63) is 35.4 Å². The molecule has 1 saturated carbocycles. The fraction of sp³-hybridized carbons (Fsp3) is 0.632. The highest BCUT2D eigenvalue weighted by Gasteiger charge is 2.66. The van der Waals surface area contributed by atoms with Crippen molar-refractivity contribution in [2.75, 3.05) is 13.6 Å². The van der Waals surface area contributed by atoms with Crippen LogP contribution in [0.5, 0.6) is 0 Å². The number of fused-ring (bicyclic) bond motifs is 1.